The van der Waals surface area contributed by atoms with Crippen molar-refractivity contribution >= 4 is 45.5 Å². The normalized spacial score (nSPS) is 10.2. The fraction of sp³-hybridized carbons (Fsp3) is 0.222. The van der Waals surface area contributed by atoms with Crippen LogP contribution in [0.3, 0.4) is 0 Å². The molecular weight excluding hydrogens is 308 g/mol. The topological polar surface area (TPSA) is 92.3 Å². The number of nitrogens with one attached hydrogen (secondary N) is 2. The lowest BCUT2D eigenvalue weighted by atomic mass is 10.1. The first-order valence-corrected chi connectivity index (χ1v) is 7.68. The van der Waals surface area contributed by atoms with E-state index in [9.17, 15) is 19.2 Å². The minimum absolute atomic E-state index is 0.0760. The van der Waals surface area contributed by atoms with E-state index < -0.39 is 23.4 Å². The van der Waals surface area contributed by atoms with Gasteiger partial charge in [0, 0.05) is 18.2 Å². The third kappa shape index (κ3) is 3.65. The Morgan fingerprint density at radius 2 is 1.38 bits per heavy atom. The number of rotatable bonds is 6. The number of hydrogen-bond donors (Lipinski definition) is 2. The van der Waals surface area contributed by atoms with Crippen LogP contribution >= 0.6 is 0 Å². The summed E-state index contributed by atoms with van der Waals surface area (Å²) in [5.74, 6) is -2.65. The van der Waals surface area contributed by atoms with E-state index in [1.807, 2.05) is 12.1 Å². The van der Waals surface area contributed by atoms with Crippen LogP contribution in [0.5, 0.6) is 0 Å². The Balaban J connectivity index is 2.48. The monoisotopic (exact) mass is 326 g/mol. The van der Waals surface area contributed by atoms with Gasteiger partial charge in [-0.15, -0.1) is 0 Å². The predicted molar refractivity (Wildman–Crippen MR) is 91.8 cm³/mol. The highest BCUT2D eigenvalue weighted by Crippen LogP contribution is 2.31. The molecule has 0 heterocycles. The number of Topliss-reactive ketones (excluding diaryl/α,β-unsaturated/α-hetero) is 2. The number of fused-ring (bicyclic) bond motifs is 1. The molecule has 0 radical (unpaired) electrons. The summed E-state index contributed by atoms with van der Waals surface area (Å²) in [6.07, 6.45) is 0.155. The average molecular weight is 326 g/mol. The molecule has 0 atom stereocenters. The number of benzene rings is 2. The number of anilines is 2. The molecule has 2 rings (SSSR count). The van der Waals surface area contributed by atoms with Gasteiger partial charge in [-0.1, -0.05) is 44.2 Å². The lowest BCUT2D eigenvalue weighted by molar-refractivity contribution is -0.134. The quantitative estimate of drug-likeness (QED) is 0.798. The van der Waals surface area contributed by atoms with Crippen molar-refractivity contribution in [3.05, 3.63) is 36.4 Å². The smallest absolute Gasteiger partial charge is 0.291 e. The van der Waals surface area contributed by atoms with Gasteiger partial charge in [-0.3, -0.25) is 19.2 Å². The van der Waals surface area contributed by atoms with E-state index in [2.05, 4.69) is 10.6 Å². The molecule has 124 valence electrons. The van der Waals surface area contributed by atoms with Crippen LogP contribution in [0.1, 0.15) is 26.7 Å². The largest absolute Gasteiger partial charge is 0.318 e. The molecule has 0 aliphatic carbocycles. The molecule has 2 N–H and O–H groups in total. The zero-order valence-corrected chi connectivity index (χ0v) is 13.5. The maximum absolute atomic E-state index is 12.0. The summed E-state index contributed by atoms with van der Waals surface area (Å²) < 4.78 is 0. The van der Waals surface area contributed by atoms with Gasteiger partial charge in [0.15, 0.2) is 0 Å². The third-order valence-corrected chi connectivity index (χ3v) is 3.56. The van der Waals surface area contributed by atoms with Crippen molar-refractivity contribution in [1.29, 1.82) is 0 Å². The van der Waals surface area contributed by atoms with Crippen molar-refractivity contribution in [3.63, 3.8) is 0 Å². The maximum Gasteiger partial charge on any atom is 0.291 e. The van der Waals surface area contributed by atoms with E-state index >= 15 is 0 Å². The fourth-order valence-electron chi connectivity index (χ4n) is 2.21. The van der Waals surface area contributed by atoms with E-state index in [4.69, 9.17) is 0 Å². The number of hydrogen-bond acceptors (Lipinski definition) is 4. The number of amides is 2. The fourth-order valence-corrected chi connectivity index (χ4v) is 2.21. The summed E-state index contributed by atoms with van der Waals surface area (Å²) in [4.78, 5) is 46.9. The van der Waals surface area contributed by atoms with Crippen LogP contribution in [0, 0.1) is 0 Å². The van der Waals surface area contributed by atoms with Crippen LogP contribution in [-0.4, -0.2) is 23.4 Å². The molecule has 0 saturated heterocycles. The molecule has 0 saturated carbocycles. The summed E-state index contributed by atoms with van der Waals surface area (Å²) in [6.45, 7) is 3.18. The van der Waals surface area contributed by atoms with E-state index in [1.165, 1.54) is 0 Å². The molecule has 2 aromatic rings. The summed E-state index contributed by atoms with van der Waals surface area (Å²) >= 11 is 0. The highest BCUT2D eigenvalue weighted by Gasteiger charge is 2.18. The lowest BCUT2D eigenvalue weighted by Crippen LogP contribution is -2.25. The van der Waals surface area contributed by atoms with Crippen LogP contribution in [-0.2, 0) is 19.2 Å². The standard InChI is InChI=1S/C18H18N2O4/c1-3-14(21)17(23)19-13-10-9-11-7-5-6-8-12(11)16(13)20-18(24)15(22)4-2/h5-10H,3-4H2,1-2H3,(H,19,23)(H,20,24). The minimum atomic E-state index is -0.759. The SMILES string of the molecule is CCC(=O)C(=O)Nc1ccc2ccccc2c1NC(=O)C(=O)CC. The van der Waals surface area contributed by atoms with Crippen molar-refractivity contribution in [2.45, 2.75) is 26.7 Å². The van der Waals surface area contributed by atoms with Crippen LogP contribution < -0.4 is 10.6 Å². The Kier molecular flexibility index (Phi) is 5.42. The van der Waals surface area contributed by atoms with Crippen LogP contribution in [0.2, 0.25) is 0 Å². The molecule has 6 heteroatoms. The van der Waals surface area contributed by atoms with Gasteiger partial charge >= 0.3 is 0 Å². The first-order valence-electron chi connectivity index (χ1n) is 7.68. The Hall–Kier alpha value is -3.02. The molecule has 0 unspecified atom stereocenters. The van der Waals surface area contributed by atoms with E-state index in [-0.39, 0.29) is 18.5 Å². The van der Waals surface area contributed by atoms with Gasteiger partial charge in [0.2, 0.25) is 11.6 Å². The minimum Gasteiger partial charge on any atom is -0.318 e. The molecular formula is C18H18N2O4. The van der Waals surface area contributed by atoms with Crippen molar-refractivity contribution < 1.29 is 19.2 Å². The number of carbonyl (C=O) groups is 4. The summed E-state index contributed by atoms with van der Waals surface area (Å²) in [7, 11) is 0. The summed E-state index contributed by atoms with van der Waals surface area (Å²) in [5.41, 5.74) is 0.579. The Morgan fingerprint density at radius 1 is 0.792 bits per heavy atom. The predicted octanol–water partition coefficient (Wildman–Crippen LogP) is 2.68. The molecule has 0 fully saturated rings. The van der Waals surface area contributed by atoms with Gasteiger partial charge in [0.1, 0.15) is 0 Å². The van der Waals surface area contributed by atoms with E-state index in [1.54, 1.807) is 38.1 Å². The Bertz CT molecular complexity index is 827. The van der Waals surface area contributed by atoms with Crippen molar-refractivity contribution in [2.75, 3.05) is 10.6 Å². The molecule has 0 aromatic heterocycles. The molecule has 0 bridgehead atoms. The highest BCUT2D eigenvalue weighted by molar-refractivity contribution is 6.43. The number of ketones is 2. The molecule has 24 heavy (non-hydrogen) atoms. The second kappa shape index (κ2) is 7.50. The van der Waals surface area contributed by atoms with Gasteiger partial charge in [0.25, 0.3) is 11.8 Å². The summed E-state index contributed by atoms with van der Waals surface area (Å²) in [6, 6.07) is 10.6. The first kappa shape index (κ1) is 17.3. The van der Waals surface area contributed by atoms with Gasteiger partial charge in [-0.25, -0.2) is 0 Å². The maximum atomic E-state index is 12.0. The molecule has 0 aliphatic rings. The van der Waals surface area contributed by atoms with Crippen LogP contribution in [0.4, 0.5) is 11.4 Å². The average Bonchev–Trinajstić information content (AvgIpc) is 2.61. The second-order valence-electron chi connectivity index (χ2n) is 5.17. The van der Waals surface area contributed by atoms with Crippen LogP contribution in [0.25, 0.3) is 10.8 Å². The van der Waals surface area contributed by atoms with Gasteiger partial charge < -0.3 is 10.6 Å². The highest BCUT2D eigenvalue weighted by atomic mass is 16.2. The molecule has 0 aliphatic heterocycles. The second-order valence-corrected chi connectivity index (χ2v) is 5.17. The van der Waals surface area contributed by atoms with Crippen molar-refractivity contribution in [2.24, 2.45) is 0 Å². The van der Waals surface area contributed by atoms with E-state index in [0.29, 0.717) is 11.1 Å². The molecule has 2 aromatic carbocycles. The number of carbonyl (C=O) groups excluding carboxylic acids is 4. The third-order valence-electron chi connectivity index (χ3n) is 3.56. The van der Waals surface area contributed by atoms with Crippen molar-refractivity contribution in [1.82, 2.24) is 0 Å². The van der Waals surface area contributed by atoms with Gasteiger partial charge in [-0.05, 0) is 11.5 Å². The summed E-state index contributed by atoms with van der Waals surface area (Å²) in [5, 5.41) is 6.55. The molecule has 0 spiro atoms. The Morgan fingerprint density at radius 3 is 2.00 bits per heavy atom. The Labute approximate surface area is 139 Å². The zero-order valence-electron chi connectivity index (χ0n) is 13.5. The van der Waals surface area contributed by atoms with Crippen LogP contribution in [0.15, 0.2) is 36.4 Å². The van der Waals surface area contributed by atoms with Gasteiger partial charge in [0.05, 0.1) is 11.4 Å². The zero-order chi connectivity index (χ0) is 17.7. The van der Waals surface area contributed by atoms with E-state index in [0.717, 1.165) is 5.39 Å². The molecule has 2 amide bonds. The van der Waals surface area contributed by atoms with Gasteiger partial charge in [-0.2, -0.15) is 0 Å². The lowest BCUT2D eigenvalue weighted by Gasteiger charge is -2.14. The first-order chi connectivity index (χ1) is 11.5. The van der Waals surface area contributed by atoms with Crippen molar-refractivity contribution in [3.8, 4) is 0 Å². The molecule has 6 nitrogen and oxygen atoms in total.